The van der Waals surface area contributed by atoms with Crippen molar-refractivity contribution in [3.63, 3.8) is 0 Å². The maximum atomic E-state index is 13.4. The number of rotatable bonds is 1. The van der Waals surface area contributed by atoms with Gasteiger partial charge in [-0.05, 0) is 42.8 Å². The summed E-state index contributed by atoms with van der Waals surface area (Å²) in [7, 11) is 0. The van der Waals surface area contributed by atoms with E-state index >= 15 is 0 Å². The fourth-order valence-electron chi connectivity index (χ4n) is 2.13. The molecule has 0 spiro atoms. The number of imidazole rings is 1. The summed E-state index contributed by atoms with van der Waals surface area (Å²) in [6, 6.07) is 12.2. The van der Waals surface area contributed by atoms with Crippen LogP contribution in [-0.4, -0.2) is 9.97 Å². The summed E-state index contributed by atoms with van der Waals surface area (Å²) in [5.74, 6) is 0.274. The molecule has 1 aromatic heterocycles. The zero-order valence-electron chi connectivity index (χ0n) is 10.2. The second-order valence-corrected chi connectivity index (χ2v) is 4.42. The van der Waals surface area contributed by atoms with Gasteiger partial charge in [-0.3, -0.25) is 0 Å². The molecule has 92 valence electrons. The Kier molecular flexibility index (Phi) is 2.53. The number of aryl methyl sites for hydroxylation is 1. The molecule has 0 unspecified atom stereocenters. The molecule has 0 aliphatic rings. The molecule has 3 nitrogen and oxygen atoms in total. The Morgan fingerprint density at radius 3 is 2.84 bits per heavy atom. The van der Waals surface area contributed by atoms with Gasteiger partial charge >= 0.3 is 0 Å². The highest BCUT2D eigenvalue weighted by Gasteiger charge is 2.09. The van der Waals surface area contributed by atoms with Gasteiger partial charge in [0.1, 0.15) is 23.2 Å². The number of para-hydroxylation sites is 1. The quantitative estimate of drug-likeness (QED) is 0.719. The molecule has 0 fully saturated rings. The van der Waals surface area contributed by atoms with E-state index < -0.39 is 0 Å². The minimum Gasteiger partial charge on any atom is -0.338 e. The molecule has 19 heavy (non-hydrogen) atoms. The van der Waals surface area contributed by atoms with Crippen LogP contribution in [0.5, 0.6) is 0 Å². The van der Waals surface area contributed by atoms with E-state index in [1.54, 1.807) is 12.1 Å². The Morgan fingerprint density at radius 1 is 1.26 bits per heavy atom. The molecular weight excluding hydrogens is 241 g/mol. The number of aromatic amines is 1. The molecule has 0 amide bonds. The van der Waals surface area contributed by atoms with Crippen LogP contribution in [0, 0.1) is 24.1 Å². The summed E-state index contributed by atoms with van der Waals surface area (Å²) in [5, 5.41) is 9.04. The van der Waals surface area contributed by atoms with Crippen molar-refractivity contribution in [1.82, 2.24) is 9.97 Å². The van der Waals surface area contributed by atoms with Crippen LogP contribution < -0.4 is 0 Å². The van der Waals surface area contributed by atoms with Gasteiger partial charge in [-0.15, -0.1) is 0 Å². The van der Waals surface area contributed by atoms with Crippen molar-refractivity contribution in [2.45, 2.75) is 6.92 Å². The maximum Gasteiger partial charge on any atom is 0.138 e. The Balaban J connectivity index is 2.24. The predicted molar refractivity (Wildman–Crippen MR) is 70.9 cm³/mol. The Morgan fingerprint density at radius 2 is 2.11 bits per heavy atom. The monoisotopic (exact) mass is 251 g/mol. The summed E-state index contributed by atoms with van der Waals surface area (Å²) in [4.78, 5) is 7.50. The van der Waals surface area contributed by atoms with Crippen LogP contribution in [0.1, 0.15) is 11.1 Å². The molecule has 2 aromatic carbocycles. The summed E-state index contributed by atoms with van der Waals surface area (Å²) >= 11 is 0. The van der Waals surface area contributed by atoms with Crippen LogP contribution in [0.3, 0.4) is 0 Å². The van der Waals surface area contributed by atoms with E-state index in [4.69, 9.17) is 5.26 Å². The van der Waals surface area contributed by atoms with Gasteiger partial charge in [-0.25, -0.2) is 9.37 Å². The molecule has 0 bridgehead atoms. The third-order valence-electron chi connectivity index (χ3n) is 2.95. The molecule has 0 radical (unpaired) electrons. The maximum absolute atomic E-state index is 13.4. The molecule has 0 saturated carbocycles. The van der Waals surface area contributed by atoms with Gasteiger partial charge in [0, 0.05) is 5.56 Å². The van der Waals surface area contributed by atoms with Gasteiger partial charge in [0.25, 0.3) is 0 Å². The molecule has 3 rings (SSSR count). The van der Waals surface area contributed by atoms with Crippen molar-refractivity contribution >= 4 is 11.0 Å². The average molecular weight is 251 g/mol. The number of hydrogen-bond donors (Lipinski definition) is 1. The van der Waals surface area contributed by atoms with Crippen molar-refractivity contribution in [2.24, 2.45) is 0 Å². The highest BCUT2D eigenvalue weighted by Crippen LogP contribution is 2.24. The van der Waals surface area contributed by atoms with Gasteiger partial charge in [-0.2, -0.15) is 5.26 Å². The number of H-pyrrole nitrogens is 1. The van der Waals surface area contributed by atoms with Gasteiger partial charge in [-0.1, -0.05) is 6.07 Å². The summed E-state index contributed by atoms with van der Waals surface area (Å²) in [5.41, 5.74) is 3.40. The van der Waals surface area contributed by atoms with Crippen LogP contribution in [0.25, 0.3) is 22.4 Å². The van der Waals surface area contributed by atoms with Gasteiger partial charge in [0.2, 0.25) is 0 Å². The van der Waals surface area contributed by atoms with Crippen molar-refractivity contribution < 1.29 is 4.39 Å². The van der Waals surface area contributed by atoms with E-state index in [1.165, 1.54) is 12.1 Å². The molecule has 0 aliphatic heterocycles. The minimum absolute atomic E-state index is 0.295. The number of aromatic nitrogens is 2. The number of halogens is 1. The molecule has 0 atom stereocenters. The average Bonchev–Trinajstić information content (AvgIpc) is 2.81. The summed E-state index contributed by atoms with van der Waals surface area (Å²) in [6.45, 7) is 1.83. The third-order valence-corrected chi connectivity index (χ3v) is 2.95. The number of hydrogen-bond acceptors (Lipinski definition) is 2. The van der Waals surface area contributed by atoms with Crippen LogP contribution in [-0.2, 0) is 0 Å². The normalized spacial score (nSPS) is 10.6. The van der Waals surface area contributed by atoms with Crippen LogP contribution in [0.4, 0.5) is 4.39 Å². The first kappa shape index (κ1) is 11.4. The van der Waals surface area contributed by atoms with Crippen molar-refractivity contribution in [1.29, 1.82) is 5.26 Å². The van der Waals surface area contributed by atoms with Crippen molar-refractivity contribution in [2.75, 3.05) is 0 Å². The molecular formula is C15H10FN3. The molecule has 1 heterocycles. The second kappa shape index (κ2) is 4.21. The first-order chi connectivity index (χ1) is 9.17. The highest BCUT2D eigenvalue weighted by molar-refractivity contribution is 5.84. The minimum atomic E-state index is -0.295. The van der Waals surface area contributed by atoms with Gasteiger partial charge in [0.15, 0.2) is 0 Å². The van der Waals surface area contributed by atoms with E-state index in [-0.39, 0.29) is 5.82 Å². The lowest BCUT2D eigenvalue weighted by atomic mass is 10.1. The summed E-state index contributed by atoms with van der Waals surface area (Å²) < 4.78 is 13.4. The first-order valence-electron chi connectivity index (χ1n) is 5.84. The second-order valence-electron chi connectivity index (χ2n) is 4.42. The first-order valence-corrected chi connectivity index (χ1v) is 5.84. The Labute approximate surface area is 109 Å². The Hall–Kier alpha value is -2.67. The van der Waals surface area contributed by atoms with Crippen LogP contribution in [0.2, 0.25) is 0 Å². The third kappa shape index (κ3) is 1.95. The lowest BCUT2D eigenvalue weighted by molar-refractivity contribution is 0.627. The Bertz CT molecular complexity index is 792. The molecule has 1 N–H and O–H groups in total. The standard InChI is InChI=1S/C15H10FN3/c1-9-5-11(7-12(16)6-9)15-18-13-4-2-3-10(8-17)14(13)19-15/h2-7H,1H3,(H,18,19). The van der Waals surface area contributed by atoms with Gasteiger partial charge in [0.05, 0.1) is 11.1 Å². The zero-order chi connectivity index (χ0) is 13.4. The lowest BCUT2D eigenvalue weighted by Crippen LogP contribution is -1.85. The van der Waals surface area contributed by atoms with E-state index in [1.807, 2.05) is 19.1 Å². The highest BCUT2D eigenvalue weighted by atomic mass is 19.1. The smallest absolute Gasteiger partial charge is 0.138 e. The van der Waals surface area contributed by atoms with E-state index in [9.17, 15) is 4.39 Å². The van der Waals surface area contributed by atoms with Gasteiger partial charge < -0.3 is 4.98 Å². The topological polar surface area (TPSA) is 52.5 Å². The number of fused-ring (bicyclic) bond motifs is 1. The molecule has 3 aromatic rings. The van der Waals surface area contributed by atoms with Crippen LogP contribution in [0.15, 0.2) is 36.4 Å². The summed E-state index contributed by atoms with van der Waals surface area (Å²) in [6.07, 6.45) is 0. The number of benzene rings is 2. The lowest BCUT2D eigenvalue weighted by Gasteiger charge is -1.99. The number of nitrogens with one attached hydrogen (secondary N) is 1. The molecule has 0 saturated heterocycles. The van der Waals surface area contributed by atoms with Crippen molar-refractivity contribution in [3.8, 4) is 17.5 Å². The zero-order valence-corrected chi connectivity index (χ0v) is 10.2. The van der Waals surface area contributed by atoms with E-state index in [2.05, 4.69) is 16.0 Å². The SMILES string of the molecule is Cc1cc(F)cc(-c2nc3c(C#N)cccc3[nH]2)c1. The molecule has 0 aliphatic carbocycles. The van der Waals surface area contributed by atoms with E-state index in [0.717, 1.165) is 11.1 Å². The predicted octanol–water partition coefficient (Wildman–Crippen LogP) is 3.55. The largest absolute Gasteiger partial charge is 0.338 e. The fraction of sp³-hybridized carbons (Fsp3) is 0.0667. The number of nitrogens with zero attached hydrogens (tertiary/aromatic N) is 2. The number of nitriles is 1. The van der Waals surface area contributed by atoms with E-state index in [0.29, 0.717) is 22.5 Å². The molecule has 4 heteroatoms. The van der Waals surface area contributed by atoms with Crippen LogP contribution >= 0.6 is 0 Å². The van der Waals surface area contributed by atoms with Crippen molar-refractivity contribution in [3.05, 3.63) is 53.3 Å². The fourth-order valence-corrected chi connectivity index (χ4v) is 2.13.